The largest absolute Gasteiger partial charge is 0.483 e. The topological polar surface area (TPSA) is 126 Å². The molecule has 0 unspecified atom stereocenters. The summed E-state index contributed by atoms with van der Waals surface area (Å²) in [5.41, 5.74) is 0.822. The Morgan fingerprint density at radius 1 is 1.34 bits per heavy atom. The van der Waals surface area contributed by atoms with E-state index in [-0.39, 0.29) is 21.4 Å². The minimum Gasteiger partial charge on any atom is -0.483 e. The number of aromatic nitrogens is 3. The number of pyridine rings is 1. The van der Waals surface area contributed by atoms with Gasteiger partial charge in [-0.3, -0.25) is 4.79 Å². The number of hydrogen-bond donors (Lipinski definition) is 3. The average molecular weight is 552 g/mol. The van der Waals surface area contributed by atoms with Gasteiger partial charge in [-0.1, -0.05) is 22.9 Å². The van der Waals surface area contributed by atoms with Gasteiger partial charge in [0, 0.05) is 6.20 Å². The molecule has 15 heteroatoms. The molecule has 4 heterocycles. The van der Waals surface area contributed by atoms with Crippen molar-refractivity contribution in [1.82, 2.24) is 24.6 Å². The van der Waals surface area contributed by atoms with Gasteiger partial charge in [-0.25, -0.2) is 26.3 Å². The molecule has 0 radical (unpaired) electrons. The molecule has 0 aromatic carbocycles. The van der Waals surface area contributed by atoms with E-state index in [1.54, 1.807) is 10.5 Å². The fourth-order valence-electron chi connectivity index (χ4n) is 3.79. The number of carboxylic acid groups (broad SMARTS) is 1. The van der Waals surface area contributed by atoms with Crippen molar-refractivity contribution in [2.24, 2.45) is 5.92 Å². The van der Waals surface area contributed by atoms with E-state index in [0.29, 0.717) is 36.4 Å². The van der Waals surface area contributed by atoms with Gasteiger partial charge in [-0.15, -0.1) is 10.2 Å². The van der Waals surface area contributed by atoms with Crippen LogP contribution in [0.25, 0.3) is 16.2 Å². The van der Waals surface area contributed by atoms with Crippen LogP contribution in [0.3, 0.4) is 0 Å². The van der Waals surface area contributed by atoms with Crippen molar-refractivity contribution in [1.29, 1.82) is 0 Å². The van der Waals surface area contributed by atoms with Crippen LogP contribution in [0.1, 0.15) is 29.8 Å². The summed E-state index contributed by atoms with van der Waals surface area (Å²) in [7, 11) is -4.05. The molecule has 35 heavy (non-hydrogen) atoms. The first kappa shape index (κ1) is 25.8. The number of fused-ring (bicyclic) bond motifs is 1. The van der Waals surface area contributed by atoms with Gasteiger partial charge in [-0.05, 0) is 56.0 Å². The number of halogens is 4. The zero-order chi connectivity index (χ0) is 25.4. The fraction of sp³-hybridized carbons (Fsp3) is 0.450. The van der Waals surface area contributed by atoms with Gasteiger partial charge < -0.3 is 14.8 Å². The molecule has 2 aliphatic rings. The molecule has 1 aliphatic heterocycles. The maximum absolute atomic E-state index is 13.3. The Kier molecular flexibility index (Phi) is 7.38. The lowest BCUT2D eigenvalue weighted by atomic mass is 9.95. The van der Waals surface area contributed by atoms with Crippen LogP contribution in [-0.2, 0) is 21.2 Å². The quantitative estimate of drug-likeness (QED) is 0.367. The monoisotopic (exact) mass is 551 g/mol. The van der Waals surface area contributed by atoms with Crippen molar-refractivity contribution >= 4 is 44.9 Å². The van der Waals surface area contributed by atoms with Gasteiger partial charge in [0.1, 0.15) is 11.6 Å². The zero-order valence-corrected chi connectivity index (χ0v) is 20.4. The van der Waals surface area contributed by atoms with E-state index in [0.717, 1.165) is 30.0 Å². The van der Waals surface area contributed by atoms with Gasteiger partial charge in [-0.2, -0.15) is 0 Å². The molecule has 3 aromatic heterocycles. The Morgan fingerprint density at radius 2 is 2.03 bits per heavy atom. The van der Waals surface area contributed by atoms with Crippen LogP contribution in [0, 0.1) is 5.92 Å². The second kappa shape index (κ2) is 10.0. The SMILES string of the molecule is O=CO.O=S(=O)(NC1(CF)CC1)c1cc(Cl)c2c(CC3CNC3)cc(-c3nnc(C(F)F)s3)n2c1. The predicted octanol–water partition coefficient (Wildman–Crippen LogP) is 3.29. The van der Waals surface area contributed by atoms with Crippen LogP contribution in [0.4, 0.5) is 13.2 Å². The summed E-state index contributed by atoms with van der Waals surface area (Å²) < 4.78 is 69.3. The van der Waals surface area contributed by atoms with E-state index in [1.807, 2.05) is 0 Å². The smallest absolute Gasteiger partial charge is 0.291 e. The molecule has 0 spiro atoms. The molecular weight excluding hydrogens is 531 g/mol. The summed E-state index contributed by atoms with van der Waals surface area (Å²) >= 11 is 7.28. The van der Waals surface area contributed by atoms with E-state index in [1.165, 1.54) is 12.3 Å². The molecule has 2 fully saturated rings. The van der Waals surface area contributed by atoms with Gasteiger partial charge in [0.25, 0.3) is 12.9 Å². The Morgan fingerprint density at radius 3 is 2.54 bits per heavy atom. The molecule has 3 N–H and O–H groups in total. The maximum Gasteiger partial charge on any atom is 0.291 e. The highest BCUT2D eigenvalue weighted by Crippen LogP contribution is 2.39. The number of nitrogens with zero attached hydrogens (tertiary/aromatic N) is 3. The number of nitrogens with one attached hydrogen (secondary N) is 2. The van der Waals surface area contributed by atoms with Gasteiger partial charge in [0.05, 0.1) is 21.8 Å². The standard InChI is InChI=1S/C19H19ClF3N5O2S2.CH2O2/c20-13-5-12(32(29,30)27-19(9-21)1-2-19)8-28-14(17-25-26-18(31-17)16(22)23)4-11(15(13)28)3-10-6-24-7-10;2-1-3/h4-5,8,10,16,24,27H,1-3,6-7,9H2;1H,(H,2,3). The van der Waals surface area contributed by atoms with Gasteiger partial charge >= 0.3 is 0 Å². The predicted molar refractivity (Wildman–Crippen MR) is 123 cm³/mol. The Bertz CT molecular complexity index is 1340. The zero-order valence-electron chi connectivity index (χ0n) is 18.0. The molecule has 0 atom stereocenters. The lowest BCUT2D eigenvalue weighted by molar-refractivity contribution is -0.122. The minimum absolute atomic E-state index is 0.137. The number of alkyl halides is 3. The van der Waals surface area contributed by atoms with E-state index in [4.69, 9.17) is 21.5 Å². The minimum atomic E-state index is -4.05. The van der Waals surface area contributed by atoms with Crippen molar-refractivity contribution in [3.63, 3.8) is 0 Å². The highest BCUT2D eigenvalue weighted by molar-refractivity contribution is 7.89. The molecule has 190 valence electrons. The highest BCUT2D eigenvalue weighted by Gasteiger charge is 2.46. The van der Waals surface area contributed by atoms with E-state index in [2.05, 4.69) is 20.2 Å². The lowest BCUT2D eigenvalue weighted by Crippen LogP contribution is -2.43. The summed E-state index contributed by atoms with van der Waals surface area (Å²) in [5.74, 6) is 0.389. The van der Waals surface area contributed by atoms with Crippen LogP contribution in [0.5, 0.6) is 0 Å². The summed E-state index contributed by atoms with van der Waals surface area (Å²) in [6.45, 7) is 0.651. The lowest BCUT2D eigenvalue weighted by Gasteiger charge is -2.26. The van der Waals surface area contributed by atoms with Crippen LogP contribution < -0.4 is 10.0 Å². The molecule has 1 saturated carbocycles. The first-order valence-electron chi connectivity index (χ1n) is 10.5. The molecular formula is C20H21ClF3N5O4S2. The maximum atomic E-state index is 13.3. The first-order valence-corrected chi connectivity index (χ1v) is 13.1. The van der Waals surface area contributed by atoms with E-state index in [9.17, 15) is 21.6 Å². The summed E-state index contributed by atoms with van der Waals surface area (Å²) in [5, 5.41) is 17.5. The van der Waals surface area contributed by atoms with Crippen molar-refractivity contribution in [3.05, 3.63) is 33.9 Å². The van der Waals surface area contributed by atoms with Crippen LogP contribution >= 0.6 is 22.9 Å². The number of sulfonamides is 1. The normalized spacial score (nSPS) is 17.2. The number of carbonyl (C=O) groups is 1. The number of rotatable bonds is 8. The Balaban J connectivity index is 0.000000917. The molecule has 1 saturated heterocycles. The van der Waals surface area contributed by atoms with Crippen LogP contribution in [0.15, 0.2) is 23.2 Å². The third kappa shape index (κ3) is 5.31. The van der Waals surface area contributed by atoms with Crippen molar-refractivity contribution in [2.75, 3.05) is 19.8 Å². The van der Waals surface area contributed by atoms with E-state index >= 15 is 0 Å². The highest BCUT2D eigenvalue weighted by atomic mass is 35.5. The Hall–Kier alpha value is -2.26. The molecule has 9 nitrogen and oxygen atoms in total. The van der Waals surface area contributed by atoms with Crippen molar-refractivity contribution < 1.29 is 31.5 Å². The summed E-state index contributed by atoms with van der Waals surface area (Å²) in [6, 6.07) is 3.13. The molecule has 5 rings (SSSR count). The second-order valence-corrected chi connectivity index (χ2v) is 11.5. The van der Waals surface area contributed by atoms with Crippen LogP contribution in [0.2, 0.25) is 5.02 Å². The molecule has 1 aliphatic carbocycles. The van der Waals surface area contributed by atoms with Crippen LogP contribution in [-0.4, -0.2) is 59.9 Å². The van der Waals surface area contributed by atoms with Gasteiger partial charge in [0.15, 0.2) is 10.0 Å². The molecule has 0 amide bonds. The third-order valence-electron chi connectivity index (χ3n) is 5.86. The third-order valence-corrected chi connectivity index (χ3v) is 8.65. The van der Waals surface area contributed by atoms with Crippen molar-refractivity contribution in [3.8, 4) is 10.7 Å². The summed E-state index contributed by atoms with van der Waals surface area (Å²) in [6.07, 6.45) is 0.153. The summed E-state index contributed by atoms with van der Waals surface area (Å²) in [4.78, 5) is 8.22. The fourth-order valence-corrected chi connectivity index (χ4v) is 6.36. The average Bonchev–Trinajstić information content (AvgIpc) is 3.19. The van der Waals surface area contributed by atoms with E-state index < -0.39 is 33.7 Å². The second-order valence-electron chi connectivity index (χ2n) is 8.40. The Labute approximate surface area is 207 Å². The van der Waals surface area contributed by atoms with Gasteiger partial charge in [0.2, 0.25) is 10.0 Å². The first-order chi connectivity index (χ1) is 16.6. The van der Waals surface area contributed by atoms with Crippen molar-refractivity contribution in [2.45, 2.75) is 36.1 Å². The molecule has 3 aromatic rings. The number of hydrogen-bond acceptors (Lipinski definition) is 7. The molecule has 0 bridgehead atoms.